The number of ether oxygens (including phenoxy) is 1. The molecule has 0 bridgehead atoms. The van der Waals surface area contributed by atoms with Gasteiger partial charge in [0.15, 0.2) is 21.4 Å². The average Bonchev–Trinajstić information content (AvgIpc) is 2.58. The lowest BCUT2D eigenvalue weighted by molar-refractivity contribution is 0.0935. The maximum atomic E-state index is 13.7. The van der Waals surface area contributed by atoms with Crippen molar-refractivity contribution >= 4 is 15.7 Å². The minimum atomic E-state index is -3.27. The predicted octanol–water partition coefficient (Wildman–Crippen LogP) is 3.12. The van der Waals surface area contributed by atoms with Gasteiger partial charge in [-0.2, -0.15) is 0 Å². The van der Waals surface area contributed by atoms with E-state index in [9.17, 15) is 17.6 Å². The maximum absolute atomic E-state index is 13.7. The van der Waals surface area contributed by atoms with E-state index in [4.69, 9.17) is 4.74 Å². The number of hydrogen-bond donors (Lipinski definition) is 1. The Kier molecular flexibility index (Phi) is 5.79. The van der Waals surface area contributed by atoms with Gasteiger partial charge in [0.25, 0.3) is 5.91 Å². The molecule has 1 amide bonds. The molecular weight excluding hydrogens is 345 g/mol. The molecule has 0 saturated carbocycles. The zero-order chi connectivity index (χ0) is 18.6. The van der Waals surface area contributed by atoms with Crippen molar-refractivity contribution in [1.82, 2.24) is 5.32 Å². The van der Waals surface area contributed by atoms with Crippen molar-refractivity contribution in [2.24, 2.45) is 0 Å². The van der Waals surface area contributed by atoms with Crippen LogP contribution in [0.15, 0.2) is 47.4 Å². The summed E-state index contributed by atoms with van der Waals surface area (Å²) in [7, 11) is -1.92. The van der Waals surface area contributed by atoms with E-state index in [1.165, 1.54) is 31.4 Å². The van der Waals surface area contributed by atoms with Crippen LogP contribution in [-0.2, 0) is 9.84 Å². The highest BCUT2D eigenvalue weighted by Crippen LogP contribution is 2.21. The fourth-order valence-electron chi connectivity index (χ4n) is 2.42. The van der Waals surface area contributed by atoms with E-state index in [2.05, 4.69) is 5.32 Å². The van der Waals surface area contributed by atoms with E-state index >= 15 is 0 Å². The third-order valence-electron chi connectivity index (χ3n) is 3.84. The fraction of sp³-hybridized carbons (Fsp3) is 0.278. The number of carbonyl (C=O) groups is 1. The van der Waals surface area contributed by atoms with Gasteiger partial charge >= 0.3 is 0 Å². The van der Waals surface area contributed by atoms with Crippen molar-refractivity contribution in [3.8, 4) is 5.75 Å². The van der Waals surface area contributed by atoms with Crippen LogP contribution in [-0.4, -0.2) is 27.7 Å². The first kappa shape index (κ1) is 18.9. The van der Waals surface area contributed by atoms with Gasteiger partial charge in [0.1, 0.15) is 0 Å². The van der Waals surface area contributed by atoms with Crippen LogP contribution in [0.1, 0.15) is 35.3 Å². The number of sulfone groups is 1. The standard InChI is InChI=1S/C18H20FNO4S/c1-4-16(12-5-8-14(9-6-12)25(3,22)23)20-18(21)13-7-10-17(24-2)15(19)11-13/h5-11,16H,4H2,1-3H3,(H,20,21). The number of amides is 1. The number of halogens is 1. The summed E-state index contributed by atoms with van der Waals surface area (Å²) in [6, 6.07) is 10.0. The molecule has 1 unspecified atom stereocenters. The van der Waals surface area contributed by atoms with Crippen molar-refractivity contribution in [3.63, 3.8) is 0 Å². The molecule has 0 aliphatic heterocycles. The monoisotopic (exact) mass is 365 g/mol. The van der Waals surface area contributed by atoms with Gasteiger partial charge in [0.05, 0.1) is 18.0 Å². The Bertz CT molecular complexity index is 863. The van der Waals surface area contributed by atoms with Crippen molar-refractivity contribution < 1.29 is 22.3 Å². The Morgan fingerprint density at radius 2 is 1.84 bits per heavy atom. The molecule has 0 aliphatic carbocycles. The van der Waals surface area contributed by atoms with Crippen molar-refractivity contribution in [3.05, 3.63) is 59.4 Å². The van der Waals surface area contributed by atoms with E-state index in [1.54, 1.807) is 12.1 Å². The van der Waals surface area contributed by atoms with E-state index in [0.717, 1.165) is 17.9 Å². The van der Waals surface area contributed by atoms with Gasteiger partial charge in [-0.25, -0.2) is 12.8 Å². The Morgan fingerprint density at radius 1 is 1.20 bits per heavy atom. The summed E-state index contributed by atoms with van der Waals surface area (Å²) >= 11 is 0. The van der Waals surface area contributed by atoms with Gasteiger partial charge in [-0.1, -0.05) is 19.1 Å². The van der Waals surface area contributed by atoms with Crippen molar-refractivity contribution in [2.75, 3.05) is 13.4 Å². The fourth-order valence-corrected chi connectivity index (χ4v) is 3.05. The van der Waals surface area contributed by atoms with Gasteiger partial charge in [-0.15, -0.1) is 0 Å². The molecule has 0 radical (unpaired) electrons. The largest absolute Gasteiger partial charge is 0.494 e. The summed E-state index contributed by atoms with van der Waals surface area (Å²) in [6.07, 6.45) is 1.74. The van der Waals surface area contributed by atoms with E-state index < -0.39 is 21.6 Å². The summed E-state index contributed by atoms with van der Waals surface area (Å²) in [5.74, 6) is -0.957. The second-order valence-corrected chi connectivity index (χ2v) is 7.64. The topological polar surface area (TPSA) is 72.5 Å². The summed E-state index contributed by atoms with van der Waals surface area (Å²) < 4.78 is 41.6. The quantitative estimate of drug-likeness (QED) is 0.854. The second-order valence-electron chi connectivity index (χ2n) is 5.62. The summed E-state index contributed by atoms with van der Waals surface area (Å²) in [4.78, 5) is 12.6. The molecule has 2 aromatic carbocycles. The number of rotatable bonds is 6. The highest BCUT2D eigenvalue weighted by molar-refractivity contribution is 7.90. The average molecular weight is 365 g/mol. The first-order chi connectivity index (χ1) is 11.8. The molecule has 0 aromatic heterocycles. The zero-order valence-electron chi connectivity index (χ0n) is 14.2. The Morgan fingerprint density at radius 3 is 2.32 bits per heavy atom. The number of nitrogens with one attached hydrogen (secondary N) is 1. The molecule has 0 fully saturated rings. The maximum Gasteiger partial charge on any atom is 0.251 e. The van der Waals surface area contributed by atoms with Crippen molar-refractivity contribution in [2.45, 2.75) is 24.3 Å². The molecule has 0 heterocycles. The molecule has 0 saturated heterocycles. The Balaban J connectivity index is 2.18. The predicted molar refractivity (Wildman–Crippen MR) is 93.0 cm³/mol. The lowest BCUT2D eigenvalue weighted by atomic mass is 10.0. The normalized spacial score (nSPS) is 12.5. The molecule has 5 nitrogen and oxygen atoms in total. The first-order valence-electron chi connectivity index (χ1n) is 7.70. The van der Waals surface area contributed by atoms with E-state index in [0.29, 0.717) is 6.42 Å². The zero-order valence-corrected chi connectivity index (χ0v) is 15.1. The number of benzene rings is 2. The smallest absolute Gasteiger partial charge is 0.251 e. The molecule has 1 N–H and O–H groups in total. The van der Waals surface area contributed by atoms with Gasteiger partial charge < -0.3 is 10.1 Å². The van der Waals surface area contributed by atoms with Crippen LogP contribution >= 0.6 is 0 Å². The molecule has 0 spiro atoms. The Labute approximate surface area is 146 Å². The SMILES string of the molecule is CCC(NC(=O)c1ccc(OC)c(F)c1)c1ccc(S(C)(=O)=O)cc1. The van der Waals surface area contributed by atoms with Crippen LogP contribution in [0.4, 0.5) is 4.39 Å². The molecule has 7 heteroatoms. The minimum Gasteiger partial charge on any atom is -0.494 e. The van der Waals surface area contributed by atoms with Crippen molar-refractivity contribution in [1.29, 1.82) is 0 Å². The van der Waals surface area contributed by atoms with E-state index in [1.807, 2.05) is 6.92 Å². The summed E-state index contributed by atoms with van der Waals surface area (Å²) in [6.45, 7) is 1.89. The van der Waals surface area contributed by atoms with Crippen LogP contribution in [0.3, 0.4) is 0 Å². The third kappa shape index (κ3) is 4.57. The molecule has 134 valence electrons. The highest BCUT2D eigenvalue weighted by Gasteiger charge is 2.16. The van der Waals surface area contributed by atoms with Gasteiger partial charge in [-0.05, 0) is 42.3 Å². The van der Waals surface area contributed by atoms with Crippen LogP contribution in [0.2, 0.25) is 0 Å². The number of methoxy groups -OCH3 is 1. The summed E-state index contributed by atoms with van der Waals surface area (Å²) in [5, 5.41) is 2.83. The van der Waals surface area contributed by atoms with Crippen LogP contribution < -0.4 is 10.1 Å². The van der Waals surface area contributed by atoms with Gasteiger partial charge in [0, 0.05) is 11.8 Å². The van der Waals surface area contributed by atoms with E-state index in [-0.39, 0.29) is 22.3 Å². The lowest BCUT2D eigenvalue weighted by Crippen LogP contribution is -2.28. The highest BCUT2D eigenvalue weighted by atomic mass is 32.2. The summed E-state index contributed by atoms with van der Waals surface area (Å²) in [5.41, 5.74) is 0.960. The van der Waals surface area contributed by atoms with Crippen LogP contribution in [0, 0.1) is 5.82 Å². The second kappa shape index (κ2) is 7.65. The lowest BCUT2D eigenvalue weighted by Gasteiger charge is -2.18. The van der Waals surface area contributed by atoms with Gasteiger partial charge in [-0.3, -0.25) is 4.79 Å². The molecule has 0 aliphatic rings. The number of carbonyl (C=O) groups excluding carboxylic acids is 1. The molecular formula is C18H20FNO4S. The van der Waals surface area contributed by atoms with Crippen LogP contribution in [0.25, 0.3) is 0 Å². The molecule has 2 aromatic rings. The molecule has 2 rings (SSSR count). The Hall–Kier alpha value is -2.41. The first-order valence-corrected chi connectivity index (χ1v) is 9.59. The van der Waals surface area contributed by atoms with Gasteiger partial charge in [0.2, 0.25) is 0 Å². The number of hydrogen-bond acceptors (Lipinski definition) is 4. The minimum absolute atomic E-state index is 0.0694. The molecule has 1 atom stereocenters. The third-order valence-corrected chi connectivity index (χ3v) is 4.97. The molecule has 25 heavy (non-hydrogen) atoms. The van der Waals surface area contributed by atoms with Crippen LogP contribution in [0.5, 0.6) is 5.75 Å².